The van der Waals surface area contributed by atoms with Crippen LogP contribution in [0.2, 0.25) is 5.02 Å². The Bertz CT molecular complexity index is 1370. The molecule has 0 aliphatic carbocycles. The zero-order chi connectivity index (χ0) is 28.6. The van der Waals surface area contributed by atoms with Crippen molar-refractivity contribution in [3.8, 4) is 0 Å². The number of nitrogens with zero attached hydrogens (tertiary/aromatic N) is 3. The maximum Gasteiger partial charge on any atom is 0.253 e. The van der Waals surface area contributed by atoms with E-state index in [2.05, 4.69) is 15.5 Å². The third-order valence-electron chi connectivity index (χ3n) is 7.55. The van der Waals surface area contributed by atoms with Gasteiger partial charge >= 0.3 is 0 Å². The van der Waals surface area contributed by atoms with Crippen molar-refractivity contribution in [1.29, 1.82) is 0 Å². The topological polar surface area (TPSA) is 85.0 Å². The van der Waals surface area contributed by atoms with Crippen molar-refractivity contribution >= 4 is 40.7 Å². The molecule has 0 aromatic heterocycles. The predicted octanol–water partition coefficient (Wildman–Crippen LogP) is 4.31. The molecule has 3 amide bonds. The molecule has 0 bridgehead atoms. The van der Waals surface area contributed by atoms with Gasteiger partial charge in [0.15, 0.2) is 0 Å². The molecule has 0 spiro atoms. The second kappa shape index (κ2) is 13.7. The highest BCUT2D eigenvalue weighted by atomic mass is 35.5. The highest BCUT2D eigenvalue weighted by Gasteiger charge is 2.24. The molecule has 2 aliphatic heterocycles. The molecule has 0 saturated carbocycles. The van der Waals surface area contributed by atoms with Crippen LogP contribution in [0.25, 0.3) is 0 Å². The van der Waals surface area contributed by atoms with Gasteiger partial charge in [-0.25, -0.2) is 0 Å². The Hall–Kier alpha value is -3.88. The van der Waals surface area contributed by atoms with Crippen LogP contribution in [-0.4, -0.2) is 79.9 Å². The number of carbonyl (C=O) groups excluding carboxylic acids is 3. The highest BCUT2D eigenvalue weighted by molar-refractivity contribution is 6.31. The van der Waals surface area contributed by atoms with E-state index in [9.17, 15) is 14.4 Å². The van der Waals surface area contributed by atoms with Gasteiger partial charge in [0.25, 0.3) is 11.8 Å². The molecule has 5 rings (SSSR count). The summed E-state index contributed by atoms with van der Waals surface area (Å²) >= 11 is 6.12. The van der Waals surface area contributed by atoms with E-state index in [1.54, 1.807) is 30.3 Å². The molecule has 2 saturated heterocycles. The highest BCUT2D eigenvalue weighted by Crippen LogP contribution is 2.30. The van der Waals surface area contributed by atoms with Gasteiger partial charge in [0.2, 0.25) is 5.91 Å². The Kier molecular flexibility index (Phi) is 9.54. The van der Waals surface area contributed by atoms with Crippen LogP contribution < -0.4 is 15.5 Å². The van der Waals surface area contributed by atoms with Crippen LogP contribution in [-0.2, 0) is 11.2 Å². The summed E-state index contributed by atoms with van der Waals surface area (Å²) in [6.07, 6.45) is 1.91. The molecule has 8 nitrogen and oxygen atoms in total. The van der Waals surface area contributed by atoms with Gasteiger partial charge in [-0.15, -0.1) is 0 Å². The van der Waals surface area contributed by atoms with E-state index < -0.39 is 0 Å². The zero-order valence-corrected chi connectivity index (χ0v) is 23.9. The lowest BCUT2D eigenvalue weighted by Crippen LogP contribution is -2.35. The lowest BCUT2D eigenvalue weighted by atomic mass is 10.1. The van der Waals surface area contributed by atoms with Crippen molar-refractivity contribution in [3.05, 3.63) is 94.5 Å². The fourth-order valence-electron chi connectivity index (χ4n) is 5.42. The molecule has 3 aromatic rings. The standard InChI is InChI=1S/C32H36ClN5O3/c33-27-10-4-9-25(22-27)31(40)38-17-6-16-36(19-20-38)29-12-11-26(32(41)37-15-5-13-34-14-18-37)23-28(29)35-30(39)21-24-7-2-1-3-8-24/h1-4,7-12,22-23,34H,5-6,13-21H2,(H,35,39). The molecular formula is C32H36ClN5O3. The molecule has 2 heterocycles. The molecule has 2 N–H and O–H groups in total. The summed E-state index contributed by atoms with van der Waals surface area (Å²) in [6.45, 7) is 5.48. The van der Waals surface area contributed by atoms with E-state index in [1.165, 1.54) is 0 Å². The van der Waals surface area contributed by atoms with Crippen molar-refractivity contribution in [2.45, 2.75) is 19.3 Å². The largest absolute Gasteiger partial charge is 0.368 e. The van der Waals surface area contributed by atoms with E-state index in [4.69, 9.17) is 11.6 Å². The fraction of sp³-hybridized carbons (Fsp3) is 0.344. The van der Waals surface area contributed by atoms with E-state index in [0.717, 1.165) is 37.2 Å². The van der Waals surface area contributed by atoms with Crippen molar-refractivity contribution in [2.75, 3.05) is 62.6 Å². The summed E-state index contributed by atoms with van der Waals surface area (Å²) in [5.74, 6) is -0.222. The van der Waals surface area contributed by atoms with Crippen LogP contribution in [0, 0.1) is 0 Å². The summed E-state index contributed by atoms with van der Waals surface area (Å²) < 4.78 is 0. The third kappa shape index (κ3) is 7.45. The number of carbonyl (C=O) groups is 3. The van der Waals surface area contributed by atoms with Crippen LogP contribution in [0.15, 0.2) is 72.8 Å². The van der Waals surface area contributed by atoms with Gasteiger partial charge in [-0.05, 0) is 61.3 Å². The lowest BCUT2D eigenvalue weighted by Gasteiger charge is -2.27. The second-order valence-electron chi connectivity index (χ2n) is 10.5. The number of hydrogen-bond donors (Lipinski definition) is 2. The molecule has 214 valence electrons. The Labute approximate surface area is 246 Å². The van der Waals surface area contributed by atoms with Crippen molar-refractivity contribution in [2.24, 2.45) is 0 Å². The van der Waals surface area contributed by atoms with Gasteiger partial charge in [-0.1, -0.05) is 48.0 Å². The van der Waals surface area contributed by atoms with Crippen molar-refractivity contribution in [1.82, 2.24) is 15.1 Å². The normalized spacial score (nSPS) is 16.1. The van der Waals surface area contributed by atoms with Crippen LogP contribution in [0.5, 0.6) is 0 Å². The molecule has 0 radical (unpaired) electrons. The molecule has 9 heteroatoms. The second-order valence-corrected chi connectivity index (χ2v) is 10.9. The number of halogens is 1. The van der Waals surface area contributed by atoms with E-state index in [1.807, 2.05) is 52.3 Å². The Morgan fingerprint density at radius 1 is 0.732 bits per heavy atom. The summed E-state index contributed by atoms with van der Waals surface area (Å²) in [6, 6.07) is 22.2. The van der Waals surface area contributed by atoms with Gasteiger partial charge in [-0.3, -0.25) is 14.4 Å². The minimum atomic E-state index is -0.145. The first-order valence-electron chi connectivity index (χ1n) is 14.3. The van der Waals surface area contributed by atoms with Crippen molar-refractivity contribution < 1.29 is 14.4 Å². The molecule has 0 atom stereocenters. The van der Waals surface area contributed by atoms with Gasteiger partial charge < -0.3 is 25.3 Å². The first kappa shape index (κ1) is 28.6. The van der Waals surface area contributed by atoms with E-state index >= 15 is 0 Å². The van der Waals surface area contributed by atoms with Crippen molar-refractivity contribution in [3.63, 3.8) is 0 Å². The van der Waals surface area contributed by atoms with Crippen LogP contribution in [0.4, 0.5) is 11.4 Å². The molecule has 3 aromatic carbocycles. The third-order valence-corrected chi connectivity index (χ3v) is 7.78. The number of amides is 3. The molecule has 2 fully saturated rings. The van der Waals surface area contributed by atoms with Crippen LogP contribution in [0.1, 0.15) is 39.1 Å². The van der Waals surface area contributed by atoms with Gasteiger partial charge in [0.05, 0.1) is 17.8 Å². The lowest BCUT2D eigenvalue weighted by molar-refractivity contribution is -0.115. The SMILES string of the molecule is O=C(Cc1ccccc1)Nc1cc(C(=O)N2CCCNCC2)ccc1N1CCCN(C(=O)c2cccc(Cl)c2)CC1. The molecule has 2 aliphatic rings. The maximum atomic E-state index is 13.4. The number of hydrogen-bond acceptors (Lipinski definition) is 5. The summed E-state index contributed by atoms with van der Waals surface area (Å²) in [7, 11) is 0. The van der Waals surface area contributed by atoms with Gasteiger partial charge in [-0.2, -0.15) is 0 Å². The van der Waals surface area contributed by atoms with Gasteiger partial charge in [0, 0.05) is 62.0 Å². The summed E-state index contributed by atoms with van der Waals surface area (Å²) in [5, 5.41) is 6.97. The number of nitrogens with one attached hydrogen (secondary N) is 2. The first-order valence-corrected chi connectivity index (χ1v) is 14.6. The molecular weight excluding hydrogens is 538 g/mol. The number of rotatable bonds is 6. The summed E-state index contributed by atoms with van der Waals surface area (Å²) in [5.41, 5.74) is 3.50. The minimum absolute atomic E-state index is 0.0343. The average Bonchev–Trinajstić information content (AvgIpc) is 3.41. The number of anilines is 2. The Balaban J connectivity index is 1.36. The fourth-order valence-corrected chi connectivity index (χ4v) is 5.61. The quantitative estimate of drug-likeness (QED) is 0.459. The van der Waals surface area contributed by atoms with E-state index in [-0.39, 0.29) is 24.1 Å². The molecule has 41 heavy (non-hydrogen) atoms. The minimum Gasteiger partial charge on any atom is -0.368 e. The average molecular weight is 574 g/mol. The monoisotopic (exact) mass is 573 g/mol. The van der Waals surface area contributed by atoms with Crippen LogP contribution in [0.3, 0.4) is 0 Å². The smallest absolute Gasteiger partial charge is 0.253 e. The van der Waals surface area contributed by atoms with Crippen LogP contribution >= 0.6 is 11.6 Å². The Morgan fingerprint density at radius 2 is 1.49 bits per heavy atom. The maximum absolute atomic E-state index is 13.4. The summed E-state index contributed by atoms with van der Waals surface area (Å²) in [4.78, 5) is 45.6. The molecule has 0 unspecified atom stereocenters. The first-order chi connectivity index (χ1) is 20.0. The zero-order valence-electron chi connectivity index (χ0n) is 23.2. The van der Waals surface area contributed by atoms with E-state index in [0.29, 0.717) is 61.1 Å². The van der Waals surface area contributed by atoms with Gasteiger partial charge in [0.1, 0.15) is 0 Å². The number of benzene rings is 3. The predicted molar refractivity (Wildman–Crippen MR) is 163 cm³/mol. The Morgan fingerprint density at radius 3 is 2.29 bits per heavy atom.